The Balaban J connectivity index is 2.01. The zero-order valence-corrected chi connectivity index (χ0v) is 11.5. The topological polar surface area (TPSA) is 61.8 Å². The molecule has 2 fully saturated rings. The number of hydrogen-bond donors (Lipinski definition) is 2. The van der Waals surface area contributed by atoms with Crippen LogP contribution >= 0.6 is 0 Å². The van der Waals surface area contributed by atoms with Crippen molar-refractivity contribution in [3.05, 3.63) is 0 Å². The summed E-state index contributed by atoms with van der Waals surface area (Å²) in [6.45, 7) is 8.49. The molecule has 5 heteroatoms. The van der Waals surface area contributed by atoms with E-state index in [2.05, 4.69) is 5.32 Å². The predicted molar refractivity (Wildman–Crippen MR) is 68.4 cm³/mol. The normalized spacial score (nSPS) is 32.9. The van der Waals surface area contributed by atoms with Crippen molar-refractivity contribution in [2.24, 2.45) is 5.41 Å². The number of piperidine rings is 1. The van der Waals surface area contributed by atoms with E-state index in [1.165, 1.54) is 0 Å². The van der Waals surface area contributed by atoms with Gasteiger partial charge in [0.05, 0.1) is 6.10 Å². The van der Waals surface area contributed by atoms with E-state index in [1.807, 2.05) is 20.8 Å². The second kappa shape index (κ2) is 4.70. The maximum Gasteiger partial charge on any atom is 0.410 e. The highest BCUT2D eigenvalue weighted by molar-refractivity contribution is 5.68. The molecule has 0 aromatic carbocycles. The molecule has 0 bridgehead atoms. The highest BCUT2D eigenvalue weighted by Crippen LogP contribution is 2.36. The summed E-state index contributed by atoms with van der Waals surface area (Å²) in [6.07, 6.45) is 0.987. The first kappa shape index (κ1) is 13.6. The minimum absolute atomic E-state index is 0.171. The van der Waals surface area contributed by atoms with E-state index in [-0.39, 0.29) is 17.6 Å². The maximum absolute atomic E-state index is 12.1. The molecule has 2 atom stereocenters. The van der Waals surface area contributed by atoms with E-state index in [0.29, 0.717) is 19.5 Å². The maximum atomic E-state index is 12.1. The highest BCUT2D eigenvalue weighted by atomic mass is 16.6. The Kier molecular flexibility index (Phi) is 3.56. The lowest BCUT2D eigenvalue weighted by Gasteiger charge is -2.43. The molecule has 2 heterocycles. The summed E-state index contributed by atoms with van der Waals surface area (Å²) >= 11 is 0. The van der Waals surface area contributed by atoms with Gasteiger partial charge < -0.3 is 20.1 Å². The van der Waals surface area contributed by atoms with Crippen LogP contribution in [0.2, 0.25) is 0 Å². The average molecular weight is 256 g/mol. The Morgan fingerprint density at radius 2 is 2.22 bits per heavy atom. The number of hydrogen-bond acceptors (Lipinski definition) is 4. The van der Waals surface area contributed by atoms with Crippen LogP contribution in [0.15, 0.2) is 0 Å². The minimum Gasteiger partial charge on any atom is -0.444 e. The number of amides is 1. The van der Waals surface area contributed by atoms with Gasteiger partial charge in [0.15, 0.2) is 0 Å². The largest absolute Gasteiger partial charge is 0.444 e. The van der Waals surface area contributed by atoms with E-state index in [4.69, 9.17) is 4.74 Å². The van der Waals surface area contributed by atoms with Crippen molar-refractivity contribution in [2.75, 3.05) is 26.2 Å². The number of carbonyl (C=O) groups excluding carboxylic acids is 1. The highest BCUT2D eigenvalue weighted by Gasteiger charge is 2.46. The van der Waals surface area contributed by atoms with Gasteiger partial charge in [-0.1, -0.05) is 0 Å². The predicted octanol–water partition coefficient (Wildman–Crippen LogP) is 0.968. The van der Waals surface area contributed by atoms with Crippen molar-refractivity contribution in [1.82, 2.24) is 10.2 Å². The van der Waals surface area contributed by atoms with Crippen LogP contribution in [0.3, 0.4) is 0 Å². The Hall–Kier alpha value is -0.810. The number of nitrogens with zero attached hydrogens (tertiary/aromatic N) is 1. The van der Waals surface area contributed by atoms with Gasteiger partial charge in [-0.3, -0.25) is 0 Å². The van der Waals surface area contributed by atoms with Crippen molar-refractivity contribution in [3.8, 4) is 0 Å². The van der Waals surface area contributed by atoms with Crippen molar-refractivity contribution in [3.63, 3.8) is 0 Å². The fourth-order valence-electron chi connectivity index (χ4n) is 2.81. The second-order valence-electron chi connectivity index (χ2n) is 6.50. The Bertz CT molecular complexity index is 319. The van der Waals surface area contributed by atoms with Gasteiger partial charge in [-0.25, -0.2) is 4.79 Å². The third kappa shape index (κ3) is 2.78. The van der Waals surface area contributed by atoms with Gasteiger partial charge in [0.25, 0.3) is 0 Å². The van der Waals surface area contributed by atoms with Crippen molar-refractivity contribution >= 4 is 6.09 Å². The average Bonchev–Trinajstić information content (AvgIpc) is 2.69. The smallest absolute Gasteiger partial charge is 0.410 e. The minimum atomic E-state index is -0.464. The fraction of sp³-hybridized carbons (Fsp3) is 0.923. The van der Waals surface area contributed by atoms with Gasteiger partial charge in [0.1, 0.15) is 5.60 Å². The van der Waals surface area contributed by atoms with Gasteiger partial charge in [0.2, 0.25) is 0 Å². The molecule has 18 heavy (non-hydrogen) atoms. The molecule has 2 unspecified atom stereocenters. The molecule has 0 aromatic heterocycles. The molecule has 0 aromatic rings. The summed E-state index contributed by atoms with van der Waals surface area (Å²) in [5.41, 5.74) is -0.636. The first-order valence-electron chi connectivity index (χ1n) is 6.69. The molecule has 2 aliphatic heterocycles. The Morgan fingerprint density at radius 3 is 2.78 bits per heavy atom. The zero-order chi connectivity index (χ0) is 13.4. The summed E-state index contributed by atoms with van der Waals surface area (Å²) in [7, 11) is 0. The van der Waals surface area contributed by atoms with Crippen LogP contribution in [0, 0.1) is 5.41 Å². The van der Waals surface area contributed by atoms with Crippen LogP contribution in [0.5, 0.6) is 0 Å². The summed E-state index contributed by atoms with van der Waals surface area (Å²) in [5.74, 6) is 0. The monoisotopic (exact) mass is 256 g/mol. The molecule has 0 saturated carbocycles. The summed E-state index contributed by atoms with van der Waals surface area (Å²) in [6, 6.07) is 0. The summed E-state index contributed by atoms with van der Waals surface area (Å²) < 4.78 is 5.40. The van der Waals surface area contributed by atoms with Crippen LogP contribution in [0.1, 0.15) is 33.6 Å². The molecule has 1 spiro atoms. The quantitative estimate of drug-likeness (QED) is 0.678. The zero-order valence-electron chi connectivity index (χ0n) is 11.5. The lowest BCUT2D eigenvalue weighted by Crippen LogP contribution is -2.55. The molecule has 0 aliphatic carbocycles. The molecule has 1 amide bonds. The lowest BCUT2D eigenvalue weighted by atomic mass is 9.77. The number of nitrogens with one attached hydrogen (secondary N) is 1. The van der Waals surface area contributed by atoms with E-state index < -0.39 is 5.60 Å². The first-order valence-corrected chi connectivity index (χ1v) is 6.69. The first-order chi connectivity index (χ1) is 8.32. The molecule has 2 aliphatic rings. The SMILES string of the molecule is CC(C)(C)OC(=O)N1CCC(O)C2(CCNC2)C1. The van der Waals surface area contributed by atoms with E-state index >= 15 is 0 Å². The fourth-order valence-corrected chi connectivity index (χ4v) is 2.81. The van der Waals surface area contributed by atoms with Crippen molar-refractivity contribution in [1.29, 1.82) is 0 Å². The van der Waals surface area contributed by atoms with Crippen LogP contribution in [0.4, 0.5) is 4.79 Å². The number of carbonyl (C=O) groups is 1. The van der Waals surface area contributed by atoms with Crippen LogP contribution in [-0.2, 0) is 4.74 Å². The van der Waals surface area contributed by atoms with Crippen molar-refractivity contribution < 1.29 is 14.6 Å². The Labute approximate surface area is 108 Å². The number of aliphatic hydroxyl groups excluding tert-OH is 1. The van der Waals surface area contributed by atoms with Gasteiger partial charge in [0, 0.05) is 25.0 Å². The third-order valence-electron chi connectivity index (χ3n) is 3.81. The third-order valence-corrected chi connectivity index (χ3v) is 3.81. The Morgan fingerprint density at radius 1 is 1.50 bits per heavy atom. The summed E-state index contributed by atoms with van der Waals surface area (Å²) in [4.78, 5) is 13.8. The van der Waals surface area contributed by atoms with Gasteiger partial charge >= 0.3 is 6.09 Å². The molecular formula is C13H24N2O3. The van der Waals surface area contributed by atoms with E-state index in [1.54, 1.807) is 4.90 Å². The molecule has 5 nitrogen and oxygen atoms in total. The summed E-state index contributed by atoms with van der Waals surface area (Å²) in [5, 5.41) is 13.5. The van der Waals surface area contributed by atoms with Crippen LogP contribution in [0.25, 0.3) is 0 Å². The molecule has 104 valence electrons. The standard InChI is InChI=1S/C13H24N2O3/c1-12(2,3)18-11(17)15-7-4-10(16)13(9-15)5-6-14-8-13/h10,14,16H,4-9H2,1-3H3. The molecule has 2 saturated heterocycles. The van der Waals surface area contributed by atoms with E-state index in [0.717, 1.165) is 19.5 Å². The number of rotatable bonds is 0. The van der Waals surface area contributed by atoms with E-state index in [9.17, 15) is 9.90 Å². The lowest BCUT2D eigenvalue weighted by molar-refractivity contribution is -0.0449. The van der Waals surface area contributed by atoms with Crippen LogP contribution < -0.4 is 5.32 Å². The second-order valence-corrected chi connectivity index (χ2v) is 6.50. The molecule has 2 rings (SSSR count). The van der Waals surface area contributed by atoms with Gasteiger partial charge in [-0.2, -0.15) is 0 Å². The number of likely N-dealkylation sites (tertiary alicyclic amines) is 1. The molecular weight excluding hydrogens is 232 g/mol. The van der Waals surface area contributed by atoms with Gasteiger partial charge in [-0.15, -0.1) is 0 Å². The van der Waals surface area contributed by atoms with Gasteiger partial charge in [-0.05, 0) is 40.2 Å². The number of ether oxygens (including phenoxy) is 1. The van der Waals surface area contributed by atoms with Crippen molar-refractivity contribution in [2.45, 2.75) is 45.3 Å². The molecule has 2 N–H and O–H groups in total. The number of aliphatic hydroxyl groups is 1. The molecule has 0 radical (unpaired) electrons. The van der Waals surface area contributed by atoms with Crippen LogP contribution in [-0.4, -0.2) is 54.0 Å².